The zero-order chi connectivity index (χ0) is 24.2. The number of phenolic OH excluding ortho intramolecular Hbond substituents is 2. The Bertz CT molecular complexity index is 1350. The third kappa shape index (κ3) is 4.42. The maximum atomic E-state index is 11.9. The van der Waals surface area contributed by atoms with E-state index < -0.39 is 24.0 Å². The quantitative estimate of drug-likeness (QED) is 0.312. The number of aromatic hydroxyl groups is 2. The first-order chi connectivity index (χ1) is 16.4. The predicted molar refractivity (Wildman–Crippen MR) is 129 cm³/mol. The van der Waals surface area contributed by atoms with Crippen molar-refractivity contribution in [2.45, 2.75) is 12.1 Å². The lowest BCUT2D eigenvalue weighted by Crippen LogP contribution is -2.37. The Morgan fingerprint density at radius 1 is 0.618 bits per heavy atom. The van der Waals surface area contributed by atoms with Gasteiger partial charge in [0.15, 0.2) is 12.1 Å². The van der Waals surface area contributed by atoms with Gasteiger partial charge in [0, 0.05) is 23.6 Å². The number of hydrogen-bond donors (Lipinski definition) is 4. The fourth-order valence-electron chi connectivity index (χ4n) is 3.71. The average Bonchev–Trinajstić information content (AvgIpc) is 2.82. The highest BCUT2D eigenvalue weighted by atomic mass is 16.4. The summed E-state index contributed by atoms with van der Waals surface area (Å²) in [5.41, 5.74) is 0.535. The monoisotopic (exact) mass is 456 g/mol. The van der Waals surface area contributed by atoms with Gasteiger partial charge in [-0.2, -0.15) is 0 Å². The van der Waals surface area contributed by atoms with E-state index in [9.17, 15) is 30.0 Å². The molecule has 0 aliphatic heterocycles. The van der Waals surface area contributed by atoms with Crippen LogP contribution in [0.5, 0.6) is 11.5 Å². The number of rotatable bonds is 7. The first-order valence-electron chi connectivity index (χ1n) is 10.3. The minimum Gasteiger partial charge on any atom is -0.507 e. The molecule has 8 nitrogen and oxygen atoms in total. The van der Waals surface area contributed by atoms with E-state index in [1.807, 2.05) is 24.3 Å². The van der Waals surface area contributed by atoms with Gasteiger partial charge in [0.25, 0.3) is 0 Å². The number of carboxylic acids is 2. The molecule has 0 spiro atoms. The molecule has 4 N–H and O–H groups in total. The summed E-state index contributed by atoms with van der Waals surface area (Å²) in [7, 11) is 0. The lowest BCUT2D eigenvalue weighted by Gasteiger charge is -2.14. The van der Waals surface area contributed by atoms with Crippen molar-refractivity contribution in [2.75, 3.05) is 0 Å². The fraction of sp³-hybridized carbons (Fsp3) is 0.0769. The summed E-state index contributed by atoms with van der Waals surface area (Å²) in [6, 6.07) is 17.0. The van der Waals surface area contributed by atoms with Crippen molar-refractivity contribution in [3.05, 3.63) is 83.9 Å². The van der Waals surface area contributed by atoms with Crippen LogP contribution in [0.15, 0.2) is 82.8 Å². The standard InChI is InChI=1S/C26H20N2O6/c29-21-11-9-15-5-1-3-7-17(15)19(21)13-27-23(25(31)32)24(26(33)34)28-14-20-18-8-4-2-6-16(18)10-12-22(20)30/h1-14,23-24,29-30H,(H,31,32)(H,33,34)/t23-,24-/m0/s1. The van der Waals surface area contributed by atoms with E-state index in [1.54, 1.807) is 36.4 Å². The molecule has 0 unspecified atom stereocenters. The number of carbonyl (C=O) groups is 2. The number of phenols is 2. The van der Waals surface area contributed by atoms with E-state index in [-0.39, 0.29) is 22.6 Å². The molecule has 0 bridgehead atoms. The van der Waals surface area contributed by atoms with Gasteiger partial charge in [0.2, 0.25) is 0 Å². The third-order valence-electron chi connectivity index (χ3n) is 5.43. The second kappa shape index (κ2) is 9.41. The lowest BCUT2D eigenvalue weighted by molar-refractivity contribution is -0.146. The van der Waals surface area contributed by atoms with Crippen LogP contribution < -0.4 is 0 Å². The fourth-order valence-corrected chi connectivity index (χ4v) is 3.71. The minimum atomic E-state index is -1.77. The summed E-state index contributed by atoms with van der Waals surface area (Å²) in [6.45, 7) is 0. The Balaban J connectivity index is 1.74. The molecule has 170 valence electrons. The van der Waals surface area contributed by atoms with Crippen LogP contribution in [0.2, 0.25) is 0 Å². The summed E-state index contributed by atoms with van der Waals surface area (Å²) in [5.74, 6) is -3.24. The van der Waals surface area contributed by atoms with Crippen molar-refractivity contribution in [1.82, 2.24) is 0 Å². The number of aliphatic carboxylic acids is 2. The van der Waals surface area contributed by atoms with Crippen molar-refractivity contribution in [1.29, 1.82) is 0 Å². The molecule has 4 aromatic rings. The molecular formula is C26H20N2O6. The topological polar surface area (TPSA) is 140 Å². The smallest absolute Gasteiger partial charge is 0.331 e. The second-order valence-electron chi connectivity index (χ2n) is 7.56. The van der Waals surface area contributed by atoms with Crippen molar-refractivity contribution in [2.24, 2.45) is 9.98 Å². The van der Waals surface area contributed by atoms with Crippen LogP contribution in [-0.2, 0) is 9.59 Å². The lowest BCUT2D eigenvalue weighted by atomic mass is 10.0. The molecule has 0 aliphatic carbocycles. The highest BCUT2D eigenvalue weighted by Gasteiger charge is 2.33. The molecule has 0 heterocycles. The molecule has 2 atom stereocenters. The van der Waals surface area contributed by atoms with Gasteiger partial charge in [-0.3, -0.25) is 9.98 Å². The normalized spacial score (nSPS) is 13.5. The van der Waals surface area contributed by atoms with Gasteiger partial charge < -0.3 is 20.4 Å². The van der Waals surface area contributed by atoms with Crippen LogP contribution in [0, 0.1) is 0 Å². The van der Waals surface area contributed by atoms with Crippen LogP contribution in [0.25, 0.3) is 21.5 Å². The molecule has 0 aliphatic rings. The minimum absolute atomic E-state index is 0.123. The highest BCUT2D eigenvalue weighted by molar-refractivity contribution is 6.04. The summed E-state index contributed by atoms with van der Waals surface area (Å²) in [6.07, 6.45) is 2.30. The van der Waals surface area contributed by atoms with Gasteiger partial charge in [-0.1, -0.05) is 60.7 Å². The maximum absolute atomic E-state index is 11.9. The number of aliphatic imine (C=N–C) groups is 2. The van der Waals surface area contributed by atoms with Gasteiger partial charge in [-0.15, -0.1) is 0 Å². The van der Waals surface area contributed by atoms with Gasteiger partial charge in [0.05, 0.1) is 0 Å². The Labute approximate surface area is 193 Å². The van der Waals surface area contributed by atoms with Crippen LogP contribution in [-0.4, -0.2) is 56.9 Å². The molecule has 4 aromatic carbocycles. The Morgan fingerprint density at radius 3 is 1.38 bits per heavy atom. The SMILES string of the molecule is O=C(O)[C@@H](N=Cc1c(O)ccc2ccccc12)[C@H](N=Cc1c(O)ccc2ccccc12)C(=O)O. The molecule has 0 radical (unpaired) electrons. The van der Waals surface area contributed by atoms with Crippen molar-refractivity contribution < 1.29 is 30.0 Å². The van der Waals surface area contributed by atoms with E-state index in [1.165, 1.54) is 12.1 Å². The molecule has 8 heteroatoms. The Kier molecular flexibility index (Phi) is 6.22. The summed E-state index contributed by atoms with van der Waals surface area (Å²) < 4.78 is 0. The first-order valence-corrected chi connectivity index (χ1v) is 10.3. The highest BCUT2D eigenvalue weighted by Crippen LogP contribution is 2.27. The molecule has 4 rings (SSSR count). The largest absolute Gasteiger partial charge is 0.507 e. The summed E-state index contributed by atoms with van der Waals surface area (Å²) >= 11 is 0. The molecule has 0 amide bonds. The Morgan fingerprint density at radius 2 is 1.00 bits per heavy atom. The second-order valence-corrected chi connectivity index (χ2v) is 7.56. The maximum Gasteiger partial charge on any atom is 0.331 e. The molecule has 0 fully saturated rings. The summed E-state index contributed by atoms with van der Waals surface area (Å²) in [4.78, 5) is 31.8. The number of fused-ring (bicyclic) bond motifs is 2. The number of hydrogen-bond acceptors (Lipinski definition) is 6. The van der Waals surface area contributed by atoms with Crippen LogP contribution in [0.3, 0.4) is 0 Å². The number of nitrogens with zero attached hydrogens (tertiary/aromatic N) is 2. The van der Waals surface area contributed by atoms with Crippen molar-refractivity contribution >= 4 is 45.9 Å². The molecular weight excluding hydrogens is 436 g/mol. The number of carboxylic acid groups (broad SMARTS) is 2. The molecule has 0 aromatic heterocycles. The van der Waals surface area contributed by atoms with E-state index in [2.05, 4.69) is 9.98 Å². The number of benzene rings is 4. The van der Waals surface area contributed by atoms with Crippen molar-refractivity contribution in [3.8, 4) is 11.5 Å². The van der Waals surface area contributed by atoms with Crippen LogP contribution in [0.1, 0.15) is 11.1 Å². The molecule has 34 heavy (non-hydrogen) atoms. The van der Waals surface area contributed by atoms with Gasteiger partial charge in [0.1, 0.15) is 11.5 Å². The first kappa shape index (κ1) is 22.5. The Hall–Kier alpha value is -4.72. The van der Waals surface area contributed by atoms with Gasteiger partial charge in [-0.25, -0.2) is 9.59 Å². The van der Waals surface area contributed by atoms with Crippen LogP contribution >= 0.6 is 0 Å². The van der Waals surface area contributed by atoms with E-state index in [0.717, 1.165) is 23.2 Å². The van der Waals surface area contributed by atoms with E-state index >= 15 is 0 Å². The molecule has 0 saturated carbocycles. The van der Waals surface area contributed by atoms with Crippen LogP contribution in [0.4, 0.5) is 0 Å². The van der Waals surface area contributed by atoms with Gasteiger partial charge >= 0.3 is 11.9 Å². The van der Waals surface area contributed by atoms with E-state index in [0.29, 0.717) is 10.8 Å². The third-order valence-corrected chi connectivity index (χ3v) is 5.43. The van der Waals surface area contributed by atoms with E-state index in [4.69, 9.17) is 0 Å². The van der Waals surface area contributed by atoms with Gasteiger partial charge in [-0.05, 0) is 33.7 Å². The predicted octanol–water partition coefficient (Wildman–Crippen LogP) is 3.85. The zero-order valence-corrected chi connectivity index (χ0v) is 17.7. The zero-order valence-electron chi connectivity index (χ0n) is 17.7. The summed E-state index contributed by atoms with van der Waals surface area (Å²) in [5, 5.41) is 42.8. The average molecular weight is 456 g/mol. The molecule has 0 saturated heterocycles. The van der Waals surface area contributed by atoms with Crippen molar-refractivity contribution in [3.63, 3.8) is 0 Å².